The molecule has 1 aliphatic rings. The number of rotatable bonds is 5. The second-order valence-corrected chi connectivity index (χ2v) is 9.33. The molecule has 4 heterocycles. The summed E-state index contributed by atoms with van der Waals surface area (Å²) in [5.41, 5.74) is 5.56. The molecule has 0 saturated heterocycles. The number of para-hydroxylation sites is 3. The van der Waals surface area contributed by atoms with E-state index in [1.54, 1.807) is 0 Å². The summed E-state index contributed by atoms with van der Waals surface area (Å²) in [7, 11) is 0. The smallest absolute Gasteiger partial charge is 0.259 e. The molecule has 0 fully saturated rings. The topological polar surface area (TPSA) is 89.2 Å². The number of nitrogens with one attached hydrogen (secondary N) is 1. The second kappa shape index (κ2) is 8.54. The highest BCUT2D eigenvalue weighted by atomic mass is 16.3. The lowest BCUT2D eigenvalue weighted by Gasteiger charge is -2.06. The van der Waals surface area contributed by atoms with Gasteiger partial charge in [0.2, 0.25) is 0 Å². The molecule has 2 amide bonds. The predicted octanol–water partition coefficient (Wildman–Crippen LogP) is 4.69. The molecule has 38 heavy (non-hydrogen) atoms. The van der Waals surface area contributed by atoms with E-state index in [2.05, 4.69) is 16.4 Å². The van der Waals surface area contributed by atoms with Gasteiger partial charge in [-0.05, 0) is 24.3 Å². The van der Waals surface area contributed by atoms with Crippen molar-refractivity contribution in [3.05, 3.63) is 109 Å². The zero-order valence-corrected chi connectivity index (χ0v) is 20.3. The Labute approximate surface area is 217 Å². The van der Waals surface area contributed by atoms with Crippen molar-refractivity contribution in [2.45, 2.75) is 6.54 Å². The van der Waals surface area contributed by atoms with E-state index in [1.165, 1.54) is 0 Å². The molecule has 3 aromatic heterocycles. The molecule has 184 valence electrons. The molecule has 0 bridgehead atoms. The molecule has 0 atom stereocenters. The average Bonchev–Trinajstić information content (AvgIpc) is 3.59. The van der Waals surface area contributed by atoms with E-state index >= 15 is 0 Å². The molecule has 1 aliphatic heterocycles. The minimum atomic E-state index is -0.430. The number of carbonyl (C=O) groups excluding carboxylic acids is 2. The summed E-state index contributed by atoms with van der Waals surface area (Å²) < 4.78 is 3.93. The van der Waals surface area contributed by atoms with Gasteiger partial charge in [-0.15, -0.1) is 0 Å². The Morgan fingerprint density at radius 3 is 2.16 bits per heavy atom. The molecular weight excluding hydrogens is 476 g/mol. The quantitative estimate of drug-likeness (QED) is 0.338. The number of nitrogens with zero attached hydrogens (tertiary/aromatic N) is 3. The van der Waals surface area contributed by atoms with Crippen molar-refractivity contribution in [2.24, 2.45) is 0 Å². The van der Waals surface area contributed by atoms with Gasteiger partial charge in [-0.2, -0.15) is 0 Å². The normalized spacial score (nSPS) is 13.8. The lowest BCUT2D eigenvalue weighted by atomic mass is 9.95. The molecule has 7 nitrogen and oxygen atoms in total. The number of benzene rings is 3. The minimum Gasteiger partial charge on any atom is -0.395 e. The van der Waals surface area contributed by atoms with Crippen LogP contribution in [0.1, 0.15) is 11.1 Å². The van der Waals surface area contributed by atoms with Crippen LogP contribution in [0, 0.1) is 0 Å². The van der Waals surface area contributed by atoms with Crippen LogP contribution in [0.4, 0.5) is 0 Å². The molecule has 6 aromatic rings. The monoisotopic (exact) mass is 498 g/mol. The molecule has 7 heteroatoms. The highest BCUT2D eigenvalue weighted by Crippen LogP contribution is 2.39. The lowest BCUT2D eigenvalue weighted by molar-refractivity contribution is -0.122. The molecular formula is C31H22N4O3. The zero-order chi connectivity index (χ0) is 25.8. The highest BCUT2D eigenvalue weighted by molar-refractivity contribution is 6.50. The van der Waals surface area contributed by atoms with Crippen LogP contribution < -0.4 is 5.32 Å². The van der Waals surface area contributed by atoms with Crippen molar-refractivity contribution in [1.29, 1.82) is 0 Å². The summed E-state index contributed by atoms with van der Waals surface area (Å²) in [6, 6.07) is 25.5. The van der Waals surface area contributed by atoms with Crippen LogP contribution >= 0.6 is 0 Å². The Hall–Kier alpha value is -5.01. The Morgan fingerprint density at radius 1 is 0.763 bits per heavy atom. The van der Waals surface area contributed by atoms with Gasteiger partial charge in [0.25, 0.3) is 11.8 Å². The van der Waals surface area contributed by atoms with Crippen LogP contribution in [0.15, 0.2) is 97.5 Å². The van der Waals surface area contributed by atoms with Crippen LogP contribution in [0.3, 0.4) is 0 Å². The fourth-order valence-corrected chi connectivity index (χ4v) is 5.49. The first kappa shape index (κ1) is 22.2. The SMILES string of the molecule is O=C1NC(=O)C(c2cn(-c3cnc4ccccc4c3)c3ccccc23)=C1c1cn(CCO)c2ccccc12. The first-order valence-electron chi connectivity index (χ1n) is 12.4. The van der Waals surface area contributed by atoms with E-state index < -0.39 is 11.8 Å². The van der Waals surface area contributed by atoms with E-state index in [4.69, 9.17) is 0 Å². The predicted molar refractivity (Wildman–Crippen MR) is 148 cm³/mol. The van der Waals surface area contributed by atoms with Gasteiger partial charge in [0.15, 0.2) is 0 Å². The van der Waals surface area contributed by atoms with E-state index in [1.807, 2.05) is 101 Å². The fraction of sp³-hybridized carbons (Fsp3) is 0.0645. The van der Waals surface area contributed by atoms with Crippen LogP contribution in [0.5, 0.6) is 0 Å². The van der Waals surface area contributed by atoms with E-state index in [9.17, 15) is 14.7 Å². The van der Waals surface area contributed by atoms with Gasteiger partial charge in [0, 0.05) is 51.7 Å². The summed E-state index contributed by atoms with van der Waals surface area (Å²) in [6.07, 6.45) is 5.58. The minimum absolute atomic E-state index is 0.0393. The number of aliphatic hydroxyl groups is 1. The van der Waals surface area contributed by atoms with Gasteiger partial charge >= 0.3 is 0 Å². The molecule has 2 N–H and O–H groups in total. The van der Waals surface area contributed by atoms with Gasteiger partial charge in [0.1, 0.15) is 0 Å². The van der Waals surface area contributed by atoms with Crippen LogP contribution in [0.25, 0.3) is 49.5 Å². The molecule has 0 unspecified atom stereocenters. The van der Waals surface area contributed by atoms with E-state index in [0.717, 1.165) is 38.4 Å². The van der Waals surface area contributed by atoms with Crippen molar-refractivity contribution in [1.82, 2.24) is 19.4 Å². The average molecular weight is 499 g/mol. The molecule has 7 rings (SSSR count). The largest absolute Gasteiger partial charge is 0.395 e. The molecule has 0 spiro atoms. The lowest BCUT2D eigenvalue weighted by Crippen LogP contribution is -2.22. The van der Waals surface area contributed by atoms with Crippen LogP contribution in [-0.4, -0.2) is 37.6 Å². The summed E-state index contributed by atoms with van der Waals surface area (Å²) in [4.78, 5) is 31.2. The van der Waals surface area contributed by atoms with Crippen LogP contribution in [-0.2, 0) is 16.1 Å². The molecule has 0 saturated carbocycles. The van der Waals surface area contributed by atoms with Crippen molar-refractivity contribution >= 4 is 55.7 Å². The number of imide groups is 1. The molecule has 0 aliphatic carbocycles. The van der Waals surface area contributed by atoms with Gasteiger partial charge in [-0.25, -0.2) is 0 Å². The molecule has 0 radical (unpaired) electrons. The number of carbonyl (C=O) groups is 2. The second-order valence-electron chi connectivity index (χ2n) is 9.33. The van der Waals surface area contributed by atoms with Crippen LogP contribution in [0.2, 0.25) is 0 Å². The summed E-state index contributed by atoms with van der Waals surface area (Å²) in [5.74, 6) is -0.857. The number of amides is 2. The van der Waals surface area contributed by atoms with Crippen molar-refractivity contribution < 1.29 is 14.7 Å². The van der Waals surface area contributed by atoms with Crippen molar-refractivity contribution in [3.8, 4) is 5.69 Å². The van der Waals surface area contributed by atoms with E-state index in [-0.39, 0.29) is 6.61 Å². The summed E-state index contributed by atoms with van der Waals surface area (Å²) in [6.45, 7) is 0.343. The highest BCUT2D eigenvalue weighted by Gasteiger charge is 2.35. The van der Waals surface area contributed by atoms with E-state index in [0.29, 0.717) is 28.8 Å². The Kier molecular flexibility index (Phi) is 4.99. The van der Waals surface area contributed by atoms with Gasteiger partial charge < -0.3 is 14.2 Å². The number of hydrogen-bond acceptors (Lipinski definition) is 4. The Balaban J connectivity index is 1.50. The number of hydrogen-bond donors (Lipinski definition) is 2. The van der Waals surface area contributed by atoms with Gasteiger partial charge in [0.05, 0.1) is 40.7 Å². The Morgan fingerprint density at radius 2 is 1.39 bits per heavy atom. The first-order chi connectivity index (χ1) is 18.6. The maximum Gasteiger partial charge on any atom is 0.259 e. The summed E-state index contributed by atoms with van der Waals surface area (Å²) in [5, 5.41) is 14.8. The Bertz CT molecular complexity index is 1960. The third kappa shape index (κ3) is 3.29. The number of pyridine rings is 1. The maximum absolute atomic E-state index is 13.3. The maximum atomic E-state index is 13.3. The third-order valence-corrected chi connectivity index (χ3v) is 7.17. The van der Waals surface area contributed by atoms with Crippen molar-refractivity contribution in [2.75, 3.05) is 6.61 Å². The number of aromatic nitrogens is 3. The van der Waals surface area contributed by atoms with Gasteiger partial charge in [-0.1, -0.05) is 54.6 Å². The zero-order valence-electron chi connectivity index (χ0n) is 20.3. The van der Waals surface area contributed by atoms with Crippen molar-refractivity contribution in [3.63, 3.8) is 0 Å². The number of aliphatic hydroxyl groups excluding tert-OH is 1. The number of fused-ring (bicyclic) bond motifs is 3. The molecule has 3 aromatic carbocycles. The third-order valence-electron chi connectivity index (χ3n) is 7.17. The fourth-order valence-electron chi connectivity index (χ4n) is 5.49. The first-order valence-corrected chi connectivity index (χ1v) is 12.4. The standard InChI is InChI=1S/C31H22N4O3/c36-14-13-34-17-23(21-8-2-5-11-26(21)34)28-29(31(38)33-30(28)37)24-18-35(27-12-6-3-9-22(24)27)20-15-19-7-1-4-10-25(19)32-16-20/h1-12,15-18,36H,13-14H2,(H,33,37,38). The summed E-state index contributed by atoms with van der Waals surface area (Å²) >= 11 is 0. The van der Waals surface area contributed by atoms with Gasteiger partial charge in [-0.3, -0.25) is 19.9 Å².